The molecule has 0 spiro atoms. The average molecular weight is 489 g/mol. The predicted octanol–water partition coefficient (Wildman–Crippen LogP) is 2.50. The van der Waals surface area contributed by atoms with Gasteiger partial charge in [0.25, 0.3) is 5.91 Å². The van der Waals surface area contributed by atoms with Gasteiger partial charge in [-0.15, -0.1) is 24.0 Å². The van der Waals surface area contributed by atoms with Crippen LogP contribution in [0, 0.1) is 0 Å². The zero-order chi connectivity index (χ0) is 18.8. The number of hydrogen-bond acceptors (Lipinski definition) is 5. The van der Waals surface area contributed by atoms with E-state index in [1.165, 1.54) is 6.26 Å². The molecule has 0 unspecified atom stereocenters. The summed E-state index contributed by atoms with van der Waals surface area (Å²) in [4.78, 5) is 16.4. The van der Waals surface area contributed by atoms with Gasteiger partial charge in [-0.25, -0.2) is 4.99 Å². The van der Waals surface area contributed by atoms with Gasteiger partial charge in [0.1, 0.15) is 5.76 Å². The maximum absolute atomic E-state index is 11.8. The standard InChI is InChI=1S/C18H27N5O3.HI/c1-4-14-13(15(5-2)26-23-14)12-22-18(19-6-3)21-10-9-20-17(24)16-8-7-11-25-16;/h7-8,11H,4-6,9-10,12H2,1-3H3,(H,20,24)(H2,19,21,22);1H. The molecule has 0 fully saturated rings. The number of carbonyl (C=O) groups excluding carboxylic acids is 1. The molecule has 0 aromatic carbocycles. The number of aryl methyl sites for hydroxylation is 2. The molecule has 0 atom stereocenters. The molecule has 0 aliphatic rings. The molecule has 150 valence electrons. The van der Waals surface area contributed by atoms with Crippen molar-refractivity contribution < 1.29 is 13.7 Å². The third-order valence-corrected chi connectivity index (χ3v) is 3.79. The summed E-state index contributed by atoms with van der Waals surface area (Å²) in [5, 5.41) is 13.3. The van der Waals surface area contributed by atoms with Crippen LogP contribution in [-0.2, 0) is 19.4 Å². The number of hydrogen-bond donors (Lipinski definition) is 3. The molecule has 27 heavy (non-hydrogen) atoms. The lowest BCUT2D eigenvalue weighted by Gasteiger charge is -2.11. The highest BCUT2D eigenvalue weighted by molar-refractivity contribution is 14.0. The van der Waals surface area contributed by atoms with E-state index in [0.717, 1.165) is 36.4 Å². The molecule has 2 heterocycles. The molecule has 1 amide bonds. The number of guanidine groups is 1. The minimum Gasteiger partial charge on any atom is -0.459 e. The van der Waals surface area contributed by atoms with Gasteiger partial charge in [0, 0.05) is 31.6 Å². The smallest absolute Gasteiger partial charge is 0.287 e. The lowest BCUT2D eigenvalue weighted by Crippen LogP contribution is -2.41. The van der Waals surface area contributed by atoms with Gasteiger partial charge in [0.15, 0.2) is 11.7 Å². The van der Waals surface area contributed by atoms with Gasteiger partial charge in [-0.05, 0) is 25.5 Å². The second-order valence-electron chi connectivity index (χ2n) is 5.59. The molecule has 3 N–H and O–H groups in total. The molecule has 0 saturated carbocycles. The third kappa shape index (κ3) is 6.89. The SMILES string of the molecule is CCNC(=NCc1c(CC)noc1CC)NCCNC(=O)c1ccco1.I. The molecular formula is C18H28IN5O3. The quantitative estimate of drug-likeness (QED) is 0.217. The fourth-order valence-corrected chi connectivity index (χ4v) is 2.47. The van der Waals surface area contributed by atoms with Crippen LogP contribution in [0.15, 0.2) is 32.3 Å². The van der Waals surface area contributed by atoms with Crippen LogP contribution >= 0.6 is 24.0 Å². The summed E-state index contributed by atoms with van der Waals surface area (Å²) in [7, 11) is 0. The number of rotatable bonds is 9. The zero-order valence-electron chi connectivity index (χ0n) is 16.0. The van der Waals surface area contributed by atoms with Gasteiger partial charge in [-0.1, -0.05) is 19.0 Å². The van der Waals surface area contributed by atoms with E-state index in [1.54, 1.807) is 12.1 Å². The first-order chi connectivity index (χ1) is 12.7. The Morgan fingerprint density at radius 3 is 2.56 bits per heavy atom. The van der Waals surface area contributed by atoms with Crippen LogP contribution in [0.1, 0.15) is 48.3 Å². The molecule has 9 heteroatoms. The zero-order valence-corrected chi connectivity index (χ0v) is 18.3. The molecule has 0 saturated heterocycles. The Kier molecular flexibility index (Phi) is 10.5. The molecule has 2 aromatic heterocycles. The minimum atomic E-state index is -0.233. The topological polar surface area (TPSA) is 105 Å². The number of aromatic nitrogens is 1. The average Bonchev–Trinajstić information content (AvgIpc) is 3.32. The van der Waals surface area contributed by atoms with Crippen molar-refractivity contribution in [3.05, 3.63) is 41.2 Å². The van der Waals surface area contributed by atoms with Crippen molar-refractivity contribution in [2.45, 2.75) is 40.2 Å². The number of amides is 1. The largest absolute Gasteiger partial charge is 0.459 e. The van der Waals surface area contributed by atoms with Crippen molar-refractivity contribution in [1.29, 1.82) is 0 Å². The van der Waals surface area contributed by atoms with Gasteiger partial charge in [-0.2, -0.15) is 0 Å². The molecule has 0 radical (unpaired) electrons. The van der Waals surface area contributed by atoms with Crippen LogP contribution in [-0.4, -0.2) is 36.7 Å². The van der Waals surface area contributed by atoms with Crippen molar-refractivity contribution in [3.63, 3.8) is 0 Å². The van der Waals surface area contributed by atoms with Gasteiger partial charge in [0.05, 0.1) is 18.5 Å². The van der Waals surface area contributed by atoms with Crippen LogP contribution in [0.2, 0.25) is 0 Å². The number of aliphatic imine (C=N–C) groups is 1. The fraction of sp³-hybridized carbons (Fsp3) is 0.500. The molecule has 2 rings (SSSR count). The lowest BCUT2D eigenvalue weighted by molar-refractivity contribution is 0.0926. The number of nitrogens with zero attached hydrogens (tertiary/aromatic N) is 2. The summed E-state index contributed by atoms with van der Waals surface area (Å²) in [6.07, 6.45) is 3.08. The normalized spacial score (nSPS) is 11.0. The number of furan rings is 1. The molecule has 8 nitrogen and oxygen atoms in total. The van der Waals surface area contributed by atoms with Crippen molar-refractivity contribution in [1.82, 2.24) is 21.1 Å². The summed E-state index contributed by atoms with van der Waals surface area (Å²) >= 11 is 0. The Balaban J connectivity index is 0.00000364. The number of carbonyl (C=O) groups is 1. The molecule has 0 aliphatic carbocycles. The van der Waals surface area contributed by atoms with Gasteiger partial charge in [0.2, 0.25) is 0 Å². The van der Waals surface area contributed by atoms with Crippen LogP contribution in [0.4, 0.5) is 0 Å². The third-order valence-electron chi connectivity index (χ3n) is 3.79. The van der Waals surface area contributed by atoms with Crippen molar-refractivity contribution in [3.8, 4) is 0 Å². The van der Waals surface area contributed by atoms with E-state index in [4.69, 9.17) is 8.94 Å². The summed E-state index contributed by atoms with van der Waals surface area (Å²) in [5.74, 6) is 1.64. The Morgan fingerprint density at radius 2 is 1.93 bits per heavy atom. The molecule has 2 aromatic rings. The summed E-state index contributed by atoms with van der Waals surface area (Å²) in [6.45, 7) is 8.35. The number of halogens is 1. The summed E-state index contributed by atoms with van der Waals surface area (Å²) in [6, 6.07) is 3.31. The van der Waals surface area contributed by atoms with Gasteiger partial charge < -0.3 is 24.9 Å². The van der Waals surface area contributed by atoms with Gasteiger partial charge in [-0.3, -0.25) is 4.79 Å². The molecule has 0 aliphatic heterocycles. The molecule has 0 bridgehead atoms. The van der Waals surface area contributed by atoms with E-state index in [0.29, 0.717) is 31.4 Å². The van der Waals surface area contributed by atoms with E-state index < -0.39 is 0 Å². The van der Waals surface area contributed by atoms with E-state index in [1.807, 2.05) is 13.8 Å². The summed E-state index contributed by atoms with van der Waals surface area (Å²) < 4.78 is 10.4. The van der Waals surface area contributed by atoms with Crippen molar-refractivity contribution in [2.75, 3.05) is 19.6 Å². The highest BCUT2D eigenvalue weighted by Crippen LogP contribution is 2.16. The fourth-order valence-electron chi connectivity index (χ4n) is 2.47. The molecular weight excluding hydrogens is 461 g/mol. The Morgan fingerprint density at radius 1 is 1.15 bits per heavy atom. The van der Waals surface area contributed by atoms with E-state index in [9.17, 15) is 4.79 Å². The van der Waals surface area contributed by atoms with Crippen LogP contribution in [0.25, 0.3) is 0 Å². The first-order valence-electron chi connectivity index (χ1n) is 8.99. The van der Waals surface area contributed by atoms with E-state index in [2.05, 4.69) is 33.0 Å². The van der Waals surface area contributed by atoms with Crippen LogP contribution in [0.5, 0.6) is 0 Å². The highest BCUT2D eigenvalue weighted by Gasteiger charge is 2.13. The highest BCUT2D eigenvalue weighted by atomic mass is 127. The van der Waals surface area contributed by atoms with Crippen molar-refractivity contribution >= 4 is 35.8 Å². The predicted molar refractivity (Wildman–Crippen MR) is 115 cm³/mol. The Bertz CT molecular complexity index is 691. The number of nitrogens with one attached hydrogen (secondary N) is 3. The first kappa shape index (κ1) is 23.0. The van der Waals surface area contributed by atoms with E-state index in [-0.39, 0.29) is 29.9 Å². The summed E-state index contributed by atoms with van der Waals surface area (Å²) in [5.41, 5.74) is 2.01. The minimum absolute atomic E-state index is 0. The second kappa shape index (κ2) is 12.4. The monoisotopic (exact) mass is 489 g/mol. The Hall–Kier alpha value is -2.04. The van der Waals surface area contributed by atoms with Crippen molar-refractivity contribution in [2.24, 2.45) is 4.99 Å². The Labute approximate surface area is 176 Å². The maximum atomic E-state index is 11.8. The second-order valence-corrected chi connectivity index (χ2v) is 5.59. The van der Waals surface area contributed by atoms with E-state index >= 15 is 0 Å². The van der Waals surface area contributed by atoms with Gasteiger partial charge >= 0.3 is 0 Å². The first-order valence-corrected chi connectivity index (χ1v) is 8.99. The van der Waals surface area contributed by atoms with Crippen LogP contribution in [0.3, 0.4) is 0 Å². The lowest BCUT2D eigenvalue weighted by atomic mass is 10.1. The maximum Gasteiger partial charge on any atom is 0.287 e. The van der Waals surface area contributed by atoms with Crippen LogP contribution < -0.4 is 16.0 Å².